The Morgan fingerprint density at radius 1 is 1.04 bits per heavy atom. The summed E-state index contributed by atoms with van der Waals surface area (Å²) >= 11 is 0. The lowest BCUT2D eigenvalue weighted by Crippen LogP contribution is -2.29. The standard InChI is InChI=1S/C23H38O3/c1-8-11-12-13-20(21(24)25)26-19-15-14-17(22(4,5)9-2)16-18(19)23(6,7)10-3/h14-16,20H,8-13H2,1-7H3,(H,24,25). The lowest BCUT2D eigenvalue weighted by molar-refractivity contribution is -0.145. The number of hydrogen-bond acceptors (Lipinski definition) is 2. The zero-order valence-electron chi connectivity index (χ0n) is 17.8. The zero-order valence-corrected chi connectivity index (χ0v) is 17.8. The van der Waals surface area contributed by atoms with E-state index in [0.29, 0.717) is 6.42 Å². The molecule has 0 aliphatic heterocycles. The molecule has 0 aliphatic rings. The molecule has 0 amide bonds. The van der Waals surface area contributed by atoms with Crippen LogP contribution in [0.25, 0.3) is 0 Å². The van der Waals surface area contributed by atoms with Crippen molar-refractivity contribution in [3.05, 3.63) is 29.3 Å². The number of aliphatic carboxylic acids is 1. The van der Waals surface area contributed by atoms with E-state index in [4.69, 9.17) is 4.74 Å². The molecular weight excluding hydrogens is 324 g/mol. The first-order valence-electron chi connectivity index (χ1n) is 10.1. The van der Waals surface area contributed by atoms with Crippen LogP contribution in [0.5, 0.6) is 5.75 Å². The van der Waals surface area contributed by atoms with E-state index in [0.717, 1.165) is 43.4 Å². The Labute approximate surface area is 160 Å². The number of unbranched alkanes of at least 4 members (excludes halogenated alkanes) is 2. The predicted molar refractivity (Wildman–Crippen MR) is 109 cm³/mol. The first-order valence-corrected chi connectivity index (χ1v) is 10.1. The Kier molecular flexibility index (Phi) is 8.17. The van der Waals surface area contributed by atoms with E-state index in [1.54, 1.807) is 0 Å². The topological polar surface area (TPSA) is 46.5 Å². The van der Waals surface area contributed by atoms with Crippen molar-refractivity contribution in [1.82, 2.24) is 0 Å². The SMILES string of the molecule is CCCCCC(Oc1ccc(C(C)(C)CC)cc1C(C)(C)CC)C(=O)O. The minimum Gasteiger partial charge on any atom is -0.479 e. The van der Waals surface area contributed by atoms with Crippen molar-refractivity contribution in [3.63, 3.8) is 0 Å². The smallest absolute Gasteiger partial charge is 0.344 e. The molecule has 26 heavy (non-hydrogen) atoms. The molecule has 1 rings (SSSR count). The Bertz CT molecular complexity index is 587. The average molecular weight is 363 g/mol. The van der Waals surface area contributed by atoms with Gasteiger partial charge in [-0.3, -0.25) is 0 Å². The van der Waals surface area contributed by atoms with Gasteiger partial charge in [0.25, 0.3) is 0 Å². The Hall–Kier alpha value is -1.51. The van der Waals surface area contributed by atoms with Gasteiger partial charge in [0.15, 0.2) is 6.10 Å². The molecule has 0 saturated carbocycles. The molecule has 1 aromatic carbocycles. The second-order valence-corrected chi connectivity index (χ2v) is 8.63. The van der Waals surface area contributed by atoms with E-state index in [9.17, 15) is 9.90 Å². The maximum Gasteiger partial charge on any atom is 0.344 e. The third-order valence-corrected chi connectivity index (χ3v) is 5.87. The maximum absolute atomic E-state index is 11.7. The first kappa shape index (κ1) is 22.5. The molecule has 1 atom stereocenters. The Morgan fingerprint density at radius 2 is 1.65 bits per heavy atom. The van der Waals surface area contributed by atoms with Crippen LogP contribution in [0.2, 0.25) is 0 Å². The summed E-state index contributed by atoms with van der Waals surface area (Å²) in [6.07, 6.45) is 4.77. The van der Waals surface area contributed by atoms with Crippen LogP contribution >= 0.6 is 0 Å². The lowest BCUT2D eigenvalue weighted by Gasteiger charge is -2.31. The van der Waals surface area contributed by atoms with Gasteiger partial charge < -0.3 is 9.84 Å². The van der Waals surface area contributed by atoms with Crippen LogP contribution in [0.3, 0.4) is 0 Å². The van der Waals surface area contributed by atoms with Crippen molar-refractivity contribution in [2.24, 2.45) is 0 Å². The fraction of sp³-hybridized carbons (Fsp3) is 0.696. The van der Waals surface area contributed by atoms with Crippen molar-refractivity contribution < 1.29 is 14.6 Å². The number of ether oxygens (including phenoxy) is 1. The highest BCUT2D eigenvalue weighted by molar-refractivity contribution is 5.72. The van der Waals surface area contributed by atoms with Crippen molar-refractivity contribution in [1.29, 1.82) is 0 Å². The molecule has 0 aromatic heterocycles. The number of carboxylic acids is 1. The van der Waals surface area contributed by atoms with Gasteiger partial charge in [0.05, 0.1) is 0 Å². The molecule has 1 aromatic rings. The highest BCUT2D eigenvalue weighted by Gasteiger charge is 2.28. The molecule has 148 valence electrons. The van der Waals surface area contributed by atoms with Crippen LogP contribution in [0.1, 0.15) is 98.1 Å². The van der Waals surface area contributed by atoms with Gasteiger partial charge in [-0.1, -0.05) is 73.4 Å². The van der Waals surface area contributed by atoms with Crippen LogP contribution in [0, 0.1) is 0 Å². The second kappa shape index (κ2) is 9.43. The summed E-state index contributed by atoms with van der Waals surface area (Å²) in [6.45, 7) is 15.4. The monoisotopic (exact) mass is 362 g/mol. The van der Waals surface area contributed by atoms with Gasteiger partial charge in [-0.05, 0) is 48.1 Å². The number of rotatable bonds is 11. The fourth-order valence-electron chi connectivity index (χ4n) is 2.94. The molecule has 0 fully saturated rings. The normalized spacial score (nSPS) is 13.5. The maximum atomic E-state index is 11.7. The Morgan fingerprint density at radius 3 is 2.15 bits per heavy atom. The van der Waals surface area contributed by atoms with Gasteiger partial charge in [0.1, 0.15) is 5.75 Å². The Balaban J connectivity index is 3.25. The third-order valence-electron chi connectivity index (χ3n) is 5.87. The summed E-state index contributed by atoms with van der Waals surface area (Å²) in [4.78, 5) is 11.7. The predicted octanol–water partition coefficient (Wildman–Crippen LogP) is 6.47. The van der Waals surface area contributed by atoms with E-state index in [2.05, 4.69) is 60.6 Å². The minimum atomic E-state index is -0.876. The summed E-state index contributed by atoms with van der Waals surface area (Å²) in [7, 11) is 0. The molecule has 0 radical (unpaired) electrons. The van der Waals surface area contributed by atoms with Gasteiger partial charge >= 0.3 is 5.97 Å². The number of carbonyl (C=O) groups is 1. The summed E-state index contributed by atoms with van der Waals surface area (Å²) < 4.78 is 6.04. The van der Waals surface area contributed by atoms with Crippen molar-refractivity contribution in [3.8, 4) is 5.75 Å². The number of carboxylic acid groups (broad SMARTS) is 1. The van der Waals surface area contributed by atoms with Gasteiger partial charge in [0, 0.05) is 5.56 Å². The molecule has 0 spiro atoms. The van der Waals surface area contributed by atoms with Crippen LogP contribution in [0.15, 0.2) is 18.2 Å². The van der Waals surface area contributed by atoms with Crippen LogP contribution < -0.4 is 4.74 Å². The van der Waals surface area contributed by atoms with Crippen LogP contribution in [-0.2, 0) is 15.6 Å². The molecule has 0 heterocycles. The average Bonchev–Trinajstić information content (AvgIpc) is 2.60. The highest BCUT2D eigenvalue weighted by atomic mass is 16.5. The quantitative estimate of drug-likeness (QED) is 0.459. The van der Waals surface area contributed by atoms with E-state index in [-0.39, 0.29) is 10.8 Å². The zero-order chi connectivity index (χ0) is 20.0. The van der Waals surface area contributed by atoms with Crippen molar-refractivity contribution >= 4 is 5.97 Å². The molecule has 1 N–H and O–H groups in total. The molecule has 0 saturated heterocycles. The van der Waals surface area contributed by atoms with Gasteiger partial charge in [-0.15, -0.1) is 0 Å². The molecule has 0 aliphatic carbocycles. The summed E-state index contributed by atoms with van der Waals surface area (Å²) in [6, 6.07) is 6.31. The molecule has 3 nitrogen and oxygen atoms in total. The molecule has 3 heteroatoms. The summed E-state index contributed by atoms with van der Waals surface area (Å²) in [5.41, 5.74) is 2.41. The van der Waals surface area contributed by atoms with E-state index in [1.807, 2.05) is 6.07 Å². The highest BCUT2D eigenvalue weighted by Crippen LogP contribution is 2.39. The molecule has 1 unspecified atom stereocenters. The second-order valence-electron chi connectivity index (χ2n) is 8.63. The first-order chi connectivity index (χ1) is 12.1. The fourth-order valence-corrected chi connectivity index (χ4v) is 2.94. The third kappa shape index (κ3) is 5.75. The van der Waals surface area contributed by atoms with Crippen molar-refractivity contribution in [2.45, 2.75) is 104 Å². The summed E-state index contributed by atoms with van der Waals surface area (Å²) in [5.74, 6) is -0.157. The van der Waals surface area contributed by atoms with Crippen LogP contribution in [0.4, 0.5) is 0 Å². The van der Waals surface area contributed by atoms with E-state index in [1.165, 1.54) is 5.56 Å². The summed E-state index contributed by atoms with van der Waals surface area (Å²) in [5, 5.41) is 9.58. The molecule has 0 bridgehead atoms. The lowest BCUT2D eigenvalue weighted by atomic mass is 9.76. The van der Waals surface area contributed by atoms with E-state index < -0.39 is 12.1 Å². The van der Waals surface area contributed by atoms with Crippen LogP contribution in [-0.4, -0.2) is 17.2 Å². The molecular formula is C23H38O3. The van der Waals surface area contributed by atoms with Gasteiger partial charge in [0.2, 0.25) is 0 Å². The minimum absolute atomic E-state index is 0.0678. The van der Waals surface area contributed by atoms with Gasteiger partial charge in [-0.2, -0.15) is 0 Å². The van der Waals surface area contributed by atoms with Crippen molar-refractivity contribution in [2.75, 3.05) is 0 Å². The van der Waals surface area contributed by atoms with E-state index >= 15 is 0 Å². The van der Waals surface area contributed by atoms with Gasteiger partial charge in [-0.25, -0.2) is 4.79 Å². The largest absolute Gasteiger partial charge is 0.479 e. The number of hydrogen-bond donors (Lipinski definition) is 1. The number of benzene rings is 1.